The van der Waals surface area contributed by atoms with Gasteiger partial charge in [0.15, 0.2) is 0 Å². The molecule has 1 aromatic rings. The van der Waals surface area contributed by atoms with Crippen LogP contribution in [0.25, 0.3) is 0 Å². The van der Waals surface area contributed by atoms with Gasteiger partial charge in [0, 0.05) is 26.0 Å². The Balaban J connectivity index is 1.85. The molecule has 1 N–H and O–H groups in total. The summed E-state index contributed by atoms with van der Waals surface area (Å²) >= 11 is 0. The highest BCUT2D eigenvalue weighted by Gasteiger charge is 2.22. The fraction of sp³-hybridized carbons (Fsp3) is 0.727. The fourth-order valence-corrected chi connectivity index (χ4v) is 2.26. The predicted octanol–water partition coefficient (Wildman–Crippen LogP) is 0.461. The van der Waals surface area contributed by atoms with Crippen molar-refractivity contribution in [3.05, 3.63) is 18.2 Å². The minimum absolute atomic E-state index is 0.815. The van der Waals surface area contributed by atoms with Gasteiger partial charge in [-0.3, -0.25) is 4.90 Å². The molecule has 1 aliphatic rings. The second kappa shape index (κ2) is 4.77. The second-order valence-corrected chi connectivity index (χ2v) is 4.40. The number of aryl methyl sites for hydroxylation is 1. The molecule has 4 nitrogen and oxygen atoms in total. The lowest BCUT2D eigenvalue weighted by Crippen LogP contribution is -2.25. The molecule has 1 unspecified atom stereocenters. The Hall–Kier alpha value is -0.870. The molecule has 0 aliphatic carbocycles. The average Bonchev–Trinajstić information content (AvgIpc) is 2.79. The first kappa shape index (κ1) is 10.6. The highest BCUT2D eigenvalue weighted by atomic mass is 15.2. The number of rotatable bonds is 4. The summed E-state index contributed by atoms with van der Waals surface area (Å²) < 4.78 is 2.10. The lowest BCUT2D eigenvalue weighted by molar-refractivity contribution is 0.304. The SMILES string of the molecule is CNCC1CCN(Cc2nccn2C)C1. The Morgan fingerprint density at radius 1 is 1.60 bits per heavy atom. The standard InChI is InChI=1S/C11H20N4/c1-12-7-10-3-5-15(8-10)9-11-13-4-6-14(11)2/h4,6,10,12H,3,5,7-9H2,1-2H3. The van der Waals surface area contributed by atoms with E-state index in [1.807, 2.05) is 19.4 Å². The number of likely N-dealkylation sites (tertiary alicyclic amines) is 1. The van der Waals surface area contributed by atoms with Gasteiger partial charge in [0.25, 0.3) is 0 Å². The van der Waals surface area contributed by atoms with Crippen molar-refractivity contribution in [2.24, 2.45) is 13.0 Å². The van der Waals surface area contributed by atoms with Gasteiger partial charge in [0.05, 0.1) is 6.54 Å². The first-order valence-corrected chi connectivity index (χ1v) is 5.62. The van der Waals surface area contributed by atoms with E-state index in [0.29, 0.717) is 0 Å². The molecule has 15 heavy (non-hydrogen) atoms. The average molecular weight is 208 g/mol. The van der Waals surface area contributed by atoms with Crippen molar-refractivity contribution in [1.82, 2.24) is 19.8 Å². The molecule has 0 bridgehead atoms. The van der Waals surface area contributed by atoms with Gasteiger partial charge in [-0.25, -0.2) is 4.98 Å². The maximum absolute atomic E-state index is 4.36. The van der Waals surface area contributed by atoms with Crippen molar-refractivity contribution in [1.29, 1.82) is 0 Å². The van der Waals surface area contributed by atoms with Crippen LogP contribution in [0.5, 0.6) is 0 Å². The fourth-order valence-electron chi connectivity index (χ4n) is 2.26. The van der Waals surface area contributed by atoms with Crippen LogP contribution < -0.4 is 5.32 Å². The summed E-state index contributed by atoms with van der Waals surface area (Å²) in [5.74, 6) is 1.98. The van der Waals surface area contributed by atoms with E-state index in [-0.39, 0.29) is 0 Å². The molecule has 2 rings (SSSR count). The highest BCUT2D eigenvalue weighted by Crippen LogP contribution is 2.17. The Kier molecular flexibility index (Phi) is 3.38. The van der Waals surface area contributed by atoms with Crippen molar-refractivity contribution in [3.8, 4) is 0 Å². The summed E-state index contributed by atoms with van der Waals surface area (Å²) in [5, 5.41) is 3.25. The Morgan fingerprint density at radius 3 is 3.13 bits per heavy atom. The Labute approximate surface area is 91.3 Å². The lowest BCUT2D eigenvalue weighted by atomic mass is 10.1. The summed E-state index contributed by atoms with van der Waals surface area (Å²) in [6.07, 6.45) is 5.19. The van der Waals surface area contributed by atoms with Crippen LogP contribution in [0.1, 0.15) is 12.2 Å². The largest absolute Gasteiger partial charge is 0.337 e. The molecule has 1 aliphatic heterocycles. The number of imidazole rings is 1. The van der Waals surface area contributed by atoms with Crippen LogP contribution in [0.3, 0.4) is 0 Å². The highest BCUT2D eigenvalue weighted by molar-refractivity contribution is 4.92. The minimum atomic E-state index is 0.815. The summed E-state index contributed by atoms with van der Waals surface area (Å²) in [5.41, 5.74) is 0. The number of hydrogen-bond donors (Lipinski definition) is 1. The molecule has 4 heteroatoms. The maximum Gasteiger partial charge on any atom is 0.122 e. The smallest absolute Gasteiger partial charge is 0.122 e. The molecule has 0 saturated carbocycles. The maximum atomic E-state index is 4.36. The monoisotopic (exact) mass is 208 g/mol. The number of nitrogens with zero attached hydrogens (tertiary/aromatic N) is 3. The van der Waals surface area contributed by atoms with Crippen molar-refractivity contribution in [3.63, 3.8) is 0 Å². The van der Waals surface area contributed by atoms with Crippen LogP contribution in [0.2, 0.25) is 0 Å². The van der Waals surface area contributed by atoms with Crippen LogP contribution in [-0.2, 0) is 13.6 Å². The van der Waals surface area contributed by atoms with E-state index < -0.39 is 0 Å². The molecule has 0 radical (unpaired) electrons. The molecule has 1 saturated heterocycles. The van der Waals surface area contributed by atoms with Gasteiger partial charge in [0.1, 0.15) is 5.82 Å². The third-order valence-corrected chi connectivity index (χ3v) is 3.15. The minimum Gasteiger partial charge on any atom is -0.337 e. The molecular formula is C11H20N4. The Bertz CT molecular complexity index is 307. The number of aromatic nitrogens is 2. The van der Waals surface area contributed by atoms with Gasteiger partial charge in [-0.05, 0) is 32.5 Å². The Morgan fingerprint density at radius 2 is 2.47 bits per heavy atom. The number of nitrogens with one attached hydrogen (secondary N) is 1. The molecule has 2 heterocycles. The summed E-state index contributed by atoms with van der Waals surface area (Å²) in [7, 11) is 4.09. The van der Waals surface area contributed by atoms with Gasteiger partial charge in [0.2, 0.25) is 0 Å². The van der Waals surface area contributed by atoms with Gasteiger partial charge in [-0.2, -0.15) is 0 Å². The van der Waals surface area contributed by atoms with Crippen LogP contribution in [0.15, 0.2) is 12.4 Å². The summed E-state index contributed by atoms with van der Waals surface area (Å²) in [4.78, 5) is 6.85. The third kappa shape index (κ3) is 2.58. The van der Waals surface area contributed by atoms with Gasteiger partial charge >= 0.3 is 0 Å². The van der Waals surface area contributed by atoms with Crippen molar-refractivity contribution < 1.29 is 0 Å². The first-order chi connectivity index (χ1) is 7.29. The van der Waals surface area contributed by atoms with E-state index in [4.69, 9.17) is 0 Å². The van der Waals surface area contributed by atoms with E-state index in [2.05, 4.69) is 26.8 Å². The molecule has 84 valence electrons. The topological polar surface area (TPSA) is 33.1 Å². The van der Waals surface area contributed by atoms with E-state index >= 15 is 0 Å². The molecule has 1 fully saturated rings. The van der Waals surface area contributed by atoms with Crippen LogP contribution in [0, 0.1) is 5.92 Å². The first-order valence-electron chi connectivity index (χ1n) is 5.62. The third-order valence-electron chi connectivity index (χ3n) is 3.15. The zero-order valence-electron chi connectivity index (χ0n) is 9.61. The van der Waals surface area contributed by atoms with Crippen LogP contribution >= 0.6 is 0 Å². The van der Waals surface area contributed by atoms with E-state index in [0.717, 1.165) is 19.0 Å². The molecule has 0 amide bonds. The van der Waals surface area contributed by atoms with E-state index in [1.54, 1.807) is 0 Å². The van der Waals surface area contributed by atoms with Crippen molar-refractivity contribution in [2.75, 3.05) is 26.7 Å². The zero-order valence-corrected chi connectivity index (χ0v) is 9.61. The lowest BCUT2D eigenvalue weighted by Gasteiger charge is -2.15. The molecular weight excluding hydrogens is 188 g/mol. The molecule has 0 spiro atoms. The molecule has 1 aromatic heterocycles. The van der Waals surface area contributed by atoms with Crippen molar-refractivity contribution in [2.45, 2.75) is 13.0 Å². The van der Waals surface area contributed by atoms with Crippen LogP contribution in [-0.4, -0.2) is 41.1 Å². The van der Waals surface area contributed by atoms with Crippen molar-refractivity contribution >= 4 is 0 Å². The zero-order chi connectivity index (χ0) is 10.7. The predicted molar refractivity (Wildman–Crippen MR) is 60.5 cm³/mol. The molecule has 1 atom stereocenters. The number of hydrogen-bond acceptors (Lipinski definition) is 3. The van der Waals surface area contributed by atoms with Gasteiger partial charge in [-0.1, -0.05) is 0 Å². The van der Waals surface area contributed by atoms with E-state index in [9.17, 15) is 0 Å². The van der Waals surface area contributed by atoms with Gasteiger partial charge < -0.3 is 9.88 Å². The molecule has 0 aromatic carbocycles. The summed E-state index contributed by atoms with van der Waals surface area (Å²) in [6.45, 7) is 4.54. The quantitative estimate of drug-likeness (QED) is 0.780. The second-order valence-electron chi connectivity index (χ2n) is 4.40. The normalized spacial score (nSPS) is 22.4. The van der Waals surface area contributed by atoms with E-state index in [1.165, 1.54) is 25.3 Å². The van der Waals surface area contributed by atoms with Crippen LogP contribution in [0.4, 0.5) is 0 Å². The summed E-state index contributed by atoms with van der Waals surface area (Å²) in [6, 6.07) is 0. The van der Waals surface area contributed by atoms with Gasteiger partial charge in [-0.15, -0.1) is 0 Å².